The van der Waals surface area contributed by atoms with Crippen LogP contribution < -0.4 is 5.73 Å². The van der Waals surface area contributed by atoms with E-state index in [9.17, 15) is 0 Å². The van der Waals surface area contributed by atoms with Crippen molar-refractivity contribution in [3.63, 3.8) is 0 Å². The smallest absolute Gasteiger partial charge is 0.223 e. The molecule has 0 aliphatic rings. The Balaban J connectivity index is 1.88. The van der Waals surface area contributed by atoms with Crippen LogP contribution >= 0.6 is 11.8 Å². The van der Waals surface area contributed by atoms with E-state index in [1.807, 2.05) is 0 Å². The average molecular weight is 285 g/mol. The number of nitrogens with one attached hydrogen (secondary N) is 1. The van der Waals surface area contributed by atoms with Gasteiger partial charge in [0.2, 0.25) is 5.95 Å². The molecule has 2 heterocycles. The van der Waals surface area contributed by atoms with Crippen LogP contribution in [0, 0.1) is 13.8 Å². The van der Waals surface area contributed by atoms with Gasteiger partial charge in [0, 0.05) is 5.75 Å². The number of fused-ring (bicyclic) bond motifs is 1. The quantitative estimate of drug-likeness (QED) is 0.571. The number of aromatic amines is 1. The van der Waals surface area contributed by atoms with Crippen molar-refractivity contribution in [2.45, 2.75) is 24.6 Å². The molecular weight excluding hydrogens is 270 g/mol. The highest BCUT2D eigenvalue weighted by Gasteiger charge is 2.09. The molecule has 0 fully saturated rings. The number of hydrogen-bond donors (Lipinski definition) is 2. The number of aryl methyl sites for hydroxylation is 2. The maximum Gasteiger partial charge on any atom is 0.223 e. The summed E-state index contributed by atoms with van der Waals surface area (Å²) >= 11 is 1.64. The van der Waals surface area contributed by atoms with Gasteiger partial charge in [0.25, 0.3) is 0 Å². The van der Waals surface area contributed by atoms with Crippen LogP contribution in [0.15, 0.2) is 29.6 Å². The predicted molar refractivity (Wildman–Crippen MR) is 81.6 cm³/mol. The first-order chi connectivity index (χ1) is 9.61. The number of thioether (sulfide) groups is 1. The monoisotopic (exact) mass is 285 g/mol. The fraction of sp³-hybridized carbons (Fsp3) is 0.214. The predicted octanol–water partition coefficient (Wildman–Crippen LogP) is 2.84. The lowest BCUT2D eigenvalue weighted by Crippen LogP contribution is -1.97. The summed E-state index contributed by atoms with van der Waals surface area (Å²) in [5.74, 6) is 1.10. The summed E-state index contributed by atoms with van der Waals surface area (Å²) in [5, 5.41) is 0.837. The van der Waals surface area contributed by atoms with Gasteiger partial charge in [-0.05, 0) is 19.4 Å². The largest absolute Gasteiger partial charge is 0.368 e. The van der Waals surface area contributed by atoms with E-state index in [4.69, 9.17) is 5.73 Å². The zero-order chi connectivity index (χ0) is 14.1. The van der Waals surface area contributed by atoms with Crippen LogP contribution in [0.5, 0.6) is 0 Å². The second-order valence-corrected chi connectivity index (χ2v) is 5.74. The average Bonchev–Trinajstić information content (AvgIpc) is 2.82. The van der Waals surface area contributed by atoms with Crippen LogP contribution in [0.25, 0.3) is 11.2 Å². The molecule has 0 atom stereocenters. The summed E-state index contributed by atoms with van der Waals surface area (Å²) in [5.41, 5.74) is 11.0. The highest BCUT2D eigenvalue weighted by atomic mass is 32.2. The van der Waals surface area contributed by atoms with Crippen molar-refractivity contribution in [2.24, 2.45) is 0 Å². The van der Waals surface area contributed by atoms with E-state index in [2.05, 4.69) is 52.0 Å². The molecule has 102 valence electrons. The summed E-state index contributed by atoms with van der Waals surface area (Å²) in [6.45, 7) is 4.22. The van der Waals surface area contributed by atoms with Gasteiger partial charge in [-0.15, -0.1) is 0 Å². The van der Waals surface area contributed by atoms with E-state index in [0.29, 0.717) is 5.65 Å². The van der Waals surface area contributed by atoms with Crippen molar-refractivity contribution in [3.8, 4) is 0 Å². The summed E-state index contributed by atoms with van der Waals surface area (Å²) < 4.78 is 0. The first-order valence-electron chi connectivity index (χ1n) is 6.28. The molecular formula is C14H15N5S. The molecule has 0 unspecified atom stereocenters. The first kappa shape index (κ1) is 12.9. The molecule has 3 rings (SSSR count). The third-order valence-electron chi connectivity index (χ3n) is 2.93. The second kappa shape index (κ2) is 5.13. The molecule has 0 saturated heterocycles. The molecule has 0 saturated carbocycles. The molecule has 0 spiro atoms. The number of nitrogens with zero attached hydrogens (tertiary/aromatic N) is 3. The zero-order valence-electron chi connectivity index (χ0n) is 11.3. The normalized spacial score (nSPS) is 11.1. The van der Waals surface area contributed by atoms with Crippen molar-refractivity contribution in [1.29, 1.82) is 0 Å². The first-order valence-corrected chi connectivity index (χ1v) is 7.27. The number of hydrogen-bond acceptors (Lipinski definition) is 5. The number of anilines is 1. The van der Waals surface area contributed by atoms with Crippen molar-refractivity contribution in [2.75, 3.05) is 5.73 Å². The molecule has 5 nitrogen and oxygen atoms in total. The number of nitrogens with two attached hydrogens (primary N) is 1. The minimum atomic E-state index is 0.257. The van der Waals surface area contributed by atoms with Gasteiger partial charge in [0.05, 0.1) is 6.33 Å². The molecule has 0 bridgehead atoms. The third kappa shape index (κ3) is 2.60. The maximum absolute atomic E-state index is 5.71. The van der Waals surface area contributed by atoms with E-state index < -0.39 is 0 Å². The molecule has 3 aromatic rings. The van der Waals surface area contributed by atoms with Gasteiger partial charge in [0.1, 0.15) is 10.5 Å². The number of aromatic nitrogens is 4. The zero-order valence-corrected chi connectivity index (χ0v) is 12.2. The Morgan fingerprint density at radius 3 is 2.65 bits per heavy atom. The lowest BCUT2D eigenvalue weighted by atomic mass is 10.1. The summed E-state index contributed by atoms with van der Waals surface area (Å²) in [6, 6.07) is 6.55. The maximum atomic E-state index is 5.71. The van der Waals surface area contributed by atoms with Crippen LogP contribution in [0.2, 0.25) is 0 Å². The molecule has 0 radical (unpaired) electrons. The number of benzene rings is 1. The van der Waals surface area contributed by atoms with Crippen LogP contribution in [0.4, 0.5) is 5.95 Å². The second-order valence-electron chi connectivity index (χ2n) is 4.77. The topological polar surface area (TPSA) is 80.5 Å². The molecule has 2 aromatic heterocycles. The Morgan fingerprint density at radius 2 is 1.90 bits per heavy atom. The number of rotatable bonds is 3. The van der Waals surface area contributed by atoms with E-state index in [1.54, 1.807) is 18.1 Å². The third-order valence-corrected chi connectivity index (χ3v) is 3.97. The van der Waals surface area contributed by atoms with Crippen molar-refractivity contribution in [3.05, 3.63) is 41.2 Å². The molecule has 20 heavy (non-hydrogen) atoms. The Kier molecular flexibility index (Phi) is 3.31. The number of imidazole rings is 1. The standard InChI is InChI=1S/C14H15N5S/c1-8-3-9(2)5-10(4-8)6-20-13-11-12(17-7-16-11)18-14(15)19-13/h3-5,7H,6H2,1-2H3,(H3,15,16,17,18,19). The van der Waals surface area contributed by atoms with E-state index in [0.717, 1.165) is 16.3 Å². The summed E-state index contributed by atoms with van der Waals surface area (Å²) in [4.78, 5) is 15.6. The molecule has 0 aliphatic carbocycles. The minimum Gasteiger partial charge on any atom is -0.368 e. The minimum absolute atomic E-state index is 0.257. The highest BCUT2D eigenvalue weighted by molar-refractivity contribution is 7.98. The van der Waals surface area contributed by atoms with Crippen molar-refractivity contribution < 1.29 is 0 Å². The van der Waals surface area contributed by atoms with E-state index in [1.165, 1.54) is 16.7 Å². The molecule has 1 aromatic carbocycles. The lowest BCUT2D eigenvalue weighted by Gasteiger charge is -2.05. The Labute approximate surface area is 121 Å². The molecule has 6 heteroatoms. The van der Waals surface area contributed by atoms with Gasteiger partial charge in [-0.3, -0.25) is 0 Å². The van der Waals surface area contributed by atoms with Gasteiger partial charge in [0.15, 0.2) is 5.65 Å². The van der Waals surface area contributed by atoms with Gasteiger partial charge in [-0.1, -0.05) is 41.1 Å². The van der Waals surface area contributed by atoms with Crippen LogP contribution in [0.3, 0.4) is 0 Å². The van der Waals surface area contributed by atoms with Gasteiger partial charge in [-0.25, -0.2) is 9.97 Å². The molecule has 3 N–H and O–H groups in total. The number of nitrogen functional groups attached to an aromatic ring is 1. The lowest BCUT2D eigenvalue weighted by molar-refractivity contribution is 1.10. The Bertz CT molecular complexity index is 745. The van der Waals surface area contributed by atoms with E-state index >= 15 is 0 Å². The fourth-order valence-corrected chi connectivity index (χ4v) is 3.15. The van der Waals surface area contributed by atoms with Crippen molar-refractivity contribution >= 4 is 28.9 Å². The van der Waals surface area contributed by atoms with Crippen LogP contribution in [0.1, 0.15) is 16.7 Å². The van der Waals surface area contributed by atoms with Gasteiger partial charge >= 0.3 is 0 Å². The summed E-state index contributed by atoms with van der Waals surface area (Å²) in [6.07, 6.45) is 1.61. The molecule has 0 aliphatic heterocycles. The SMILES string of the molecule is Cc1cc(C)cc(CSc2nc(N)nc3nc[nH]c23)c1. The van der Waals surface area contributed by atoms with E-state index in [-0.39, 0.29) is 5.95 Å². The Hall–Kier alpha value is -2.08. The summed E-state index contributed by atoms with van der Waals surface area (Å²) in [7, 11) is 0. The highest BCUT2D eigenvalue weighted by Crippen LogP contribution is 2.27. The number of H-pyrrole nitrogens is 1. The van der Waals surface area contributed by atoms with Gasteiger partial charge in [-0.2, -0.15) is 4.98 Å². The van der Waals surface area contributed by atoms with Crippen LogP contribution in [-0.2, 0) is 5.75 Å². The Morgan fingerprint density at radius 1 is 1.15 bits per heavy atom. The molecule has 0 amide bonds. The van der Waals surface area contributed by atoms with Crippen molar-refractivity contribution in [1.82, 2.24) is 19.9 Å². The fourth-order valence-electron chi connectivity index (χ4n) is 2.23. The van der Waals surface area contributed by atoms with Gasteiger partial charge < -0.3 is 10.7 Å². The van der Waals surface area contributed by atoms with Crippen LogP contribution in [-0.4, -0.2) is 19.9 Å².